The maximum atomic E-state index is 7.87. The third-order valence-electron chi connectivity index (χ3n) is 1.63. The second-order valence-corrected chi connectivity index (χ2v) is 2.56. The van der Waals surface area contributed by atoms with E-state index in [9.17, 15) is 0 Å². The van der Waals surface area contributed by atoms with Crippen LogP contribution in [0.4, 0.5) is 0 Å². The Balaban J connectivity index is 2.69. The fourth-order valence-electron chi connectivity index (χ4n) is 1.02. The van der Waals surface area contributed by atoms with Crippen LogP contribution in [0.25, 0.3) is 11.3 Å². The van der Waals surface area contributed by atoms with Crippen LogP contribution < -0.4 is 0 Å². The molecule has 0 aliphatic rings. The summed E-state index contributed by atoms with van der Waals surface area (Å²) in [4.78, 5) is 3.87. The van der Waals surface area contributed by atoms with Gasteiger partial charge in [0, 0.05) is 15.8 Å². The Kier molecular flexibility index (Phi) is 0.947. The molecule has 1 heteroatoms. The van der Waals surface area contributed by atoms with Gasteiger partial charge in [-0.1, -0.05) is 36.4 Å². The lowest BCUT2D eigenvalue weighted by molar-refractivity contribution is 1.27. The Bertz CT molecular complexity index is 606. The van der Waals surface area contributed by atoms with Gasteiger partial charge in [-0.3, -0.25) is 4.98 Å². The molecular weight excluding hydrogens is 158 g/mol. The highest BCUT2D eigenvalue weighted by Gasteiger charge is 1.95. The van der Waals surface area contributed by atoms with Gasteiger partial charge >= 0.3 is 0 Å². The van der Waals surface area contributed by atoms with Crippen LogP contribution in [-0.4, -0.2) is 4.98 Å². The van der Waals surface area contributed by atoms with E-state index in [1.807, 2.05) is 0 Å². The minimum Gasteiger partial charge on any atom is -0.256 e. The highest BCUT2D eigenvalue weighted by molar-refractivity contribution is 5.58. The lowest BCUT2D eigenvalue weighted by Crippen LogP contribution is -1.82. The zero-order valence-corrected chi connectivity index (χ0v) is 6.83. The molecule has 0 fully saturated rings. The van der Waals surface area contributed by atoms with E-state index < -0.39 is 24.6 Å². The summed E-state index contributed by atoms with van der Waals surface area (Å²) in [5, 5.41) is 0. The van der Waals surface area contributed by atoms with Crippen LogP contribution in [-0.2, 0) is 0 Å². The summed E-state index contributed by atoms with van der Waals surface area (Å²) in [6.45, 7) is -2.60. The molecule has 0 radical (unpaired) electrons. The van der Waals surface area contributed by atoms with Crippen molar-refractivity contribution in [3.05, 3.63) is 54.2 Å². The molecule has 0 amide bonds. The molecule has 13 heavy (non-hydrogen) atoms. The molecule has 1 nitrogen and oxygen atoms in total. The van der Waals surface area contributed by atoms with E-state index in [-0.39, 0.29) is 11.7 Å². The van der Waals surface area contributed by atoms with Crippen LogP contribution in [0.3, 0.4) is 0 Å². The second kappa shape index (κ2) is 3.40. The van der Waals surface area contributed by atoms with Gasteiger partial charge in [-0.05, 0) is 18.5 Å². The van der Waals surface area contributed by atoms with Gasteiger partial charge in [0.05, 0.1) is 9.81 Å². The van der Waals surface area contributed by atoms with Crippen molar-refractivity contribution in [2.24, 2.45) is 0 Å². The predicted molar refractivity (Wildman–Crippen MR) is 54.4 cm³/mol. The fourth-order valence-corrected chi connectivity index (χ4v) is 1.02. The zero-order valence-electron chi connectivity index (χ0n) is 12.8. The lowest BCUT2D eigenvalue weighted by Gasteiger charge is -1.99. The molecule has 1 aromatic heterocycles. The minimum atomic E-state index is -2.60. The van der Waals surface area contributed by atoms with Gasteiger partial charge in [-0.2, -0.15) is 0 Å². The van der Waals surface area contributed by atoms with Crippen molar-refractivity contribution in [2.75, 3.05) is 0 Å². The number of benzene rings is 1. The smallest absolute Gasteiger partial charge is 0.0843 e. The van der Waals surface area contributed by atoms with Crippen molar-refractivity contribution in [1.29, 1.82) is 0 Å². The standard InChI is InChI=1S/C12H11N/c1-10-7-8-12(13-9-10)11-5-3-2-4-6-11/h2-9H,1H3/i1D3,7D,8D,9D. The summed E-state index contributed by atoms with van der Waals surface area (Å²) in [6.07, 6.45) is -0.472. The van der Waals surface area contributed by atoms with Crippen molar-refractivity contribution < 1.29 is 8.22 Å². The summed E-state index contributed by atoms with van der Waals surface area (Å²) in [5.74, 6) is 0. The van der Waals surface area contributed by atoms with Crippen LogP contribution in [0.15, 0.2) is 48.6 Å². The average Bonchev–Trinajstić information content (AvgIpc) is 2.33. The number of hydrogen-bond donors (Lipinski definition) is 0. The summed E-state index contributed by atoms with van der Waals surface area (Å²) in [5.41, 5.74) is 0.271. The zero-order chi connectivity index (χ0) is 14.2. The molecule has 2 rings (SSSR count). The van der Waals surface area contributed by atoms with E-state index in [1.54, 1.807) is 30.3 Å². The molecular formula is C12H11N. The topological polar surface area (TPSA) is 12.9 Å². The second-order valence-electron chi connectivity index (χ2n) is 2.56. The van der Waals surface area contributed by atoms with E-state index >= 15 is 0 Å². The molecule has 1 heterocycles. The van der Waals surface area contributed by atoms with Gasteiger partial charge in [0.25, 0.3) is 0 Å². The van der Waals surface area contributed by atoms with Crippen LogP contribution in [0, 0.1) is 6.85 Å². The van der Waals surface area contributed by atoms with E-state index in [0.717, 1.165) is 0 Å². The monoisotopic (exact) mass is 175 g/mol. The SMILES string of the molecule is [2H]c1nc(-c2ccccc2)c([2H])c([2H])c1C([2H])([2H])[2H]. The molecule has 0 bridgehead atoms. The molecule has 0 spiro atoms. The normalized spacial score (nSPS) is 17.5. The minimum absolute atomic E-state index is 0.156. The predicted octanol–water partition coefficient (Wildman–Crippen LogP) is 3.06. The first-order valence-electron chi connectivity index (χ1n) is 6.86. The highest BCUT2D eigenvalue weighted by Crippen LogP contribution is 2.15. The van der Waals surface area contributed by atoms with Crippen molar-refractivity contribution in [3.8, 4) is 11.3 Å². The summed E-state index contributed by atoms with van der Waals surface area (Å²) in [6, 6.07) is 7.98. The lowest BCUT2D eigenvalue weighted by atomic mass is 10.1. The van der Waals surface area contributed by atoms with E-state index in [0.29, 0.717) is 5.56 Å². The number of nitrogens with zero attached hydrogens (tertiary/aromatic N) is 1. The Hall–Kier alpha value is -1.63. The Morgan fingerprint density at radius 1 is 1.23 bits per heavy atom. The summed E-state index contributed by atoms with van der Waals surface area (Å²) >= 11 is 0. The van der Waals surface area contributed by atoms with Crippen molar-refractivity contribution in [1.82, 2.24) is 4.98 Å². The van der Waals surface area contributed by atoms with Gasteiger partial charge in [-0.25, -0.2) is 0 Å². The molecule has 0 atom stereocenters. The maximum Gasteiger partial charge on any atom is 0.0843 e. The van der Waals surface area contributed by atoms with Gasteiger partial charge in [0.2, 0.25) is 0 Å². The maximum absolute atomic E-state index is 7.87. The molecule has 0 unspecified atom stereocenters. The Labute approximate surface area is 86.5 Å². The molecule has 64 valence electrons. The molecule has 0 saturated carbocycles. The number of rotatable bonds is 1. The average molecular weight is 175 g/mol. The quantitative estimate of drug-likeness (QED) is 0.649. The first-order chi connectivity index (χ1) is 8.82. The molecule has 0 saturated heterocycles. The van der Waals surface area contributed by atoms with E-state index in [2.05, 4.69) is 4.98 Å². The van der Waals surface area contributed by atoms with Gasteiger partial charge in [-0.15, -0.1) is 0 Å². The summed E-state index contributed by atoms with van der Waals surface area (Å²) in [7, 11) is 0. The largest absolute Gasteiger partial charge is 0.256 e. The van der Waals surface area contributed by atoms with E-state index in [1.165, 1.54) is 0 Å². The van der Waals surface area contributed by atoms with Crippen molar-refractivity contribution in [3.63, 3.8) is 0 Å². The Morgan fingerprint density at radius 3 is 2.85 bits per heavy atom. The number of hydrogen-bond acceptors (Lipinski definition) is 1. The van der Waals surface area contributed by atoms with Crippen molar-refractivity contribution >= 4 is 0 Å². The fraction of sp³-hybridized carbons (Fsp3) is 0.0833. The van der Waals surface area contributed by atoms with Gasteiger partial charge in [0.15, 0.2) is 0 Å². The first kappa shape index (κ1) is 3.62. The summed E-state index contributed by atoms with van der Waals surface area (Å²) < 4.78 is 45.2. The van der Waals surface area contributed by atoms with Gasteiger partial charge in [0.1, 0.15) is 0 Å². The number of pyridine rings is 1. The first-order valence-corrected chi connectivity index (χ1v) is 3.86. The van der Waals surface area contributed by atoms with Gasteiger partial charge < -0.3 is 0 Å². The van der Waals surface area contributed by atoms with Crippen LogP contribution in [0.1, 0.15) is 13.8 Å². The molecule has 2 aromatic rings. The van der Waals surface area contributed by atoms with E-state index in [4.69, 9.17) is 8.22 Å². The highest BCUT2D eigenvalue weighted by atomic mass is 14.7. The Morgan fingerprint density at radius 2 is 2.08 bits per heavy atom. The van der Waals surface area contributed by atoms with Crippen molar-refractivity contribution in [2.45, 2.75) is 6.85 Å². The van der Waals surface area contributed by atoms with Crippen LogP contribution >= 0.6 is 0 Å². The molecule has 0 N–H and O–H groups in total. The van der Waals surface area contributed by atoms with Crippen LogP contribution in [0.5, 0.6) is 0 Å². The molecule has 0 aliphatic heterocycles. The van der Waals surface area contributed by atoms with Crippen LogP contribution in [0.2, 0.25) is 0 Å². The third kappa shape index (κ3) is 1.75. The molecule has 0 aliphatic carbocycles. The number of aromatic nitrogens is 1. The third-order valence-corrected chi connectivity index (χ3v) is 1.63. The molecule has 1 aromatic carbocycles.